The summed E-state index contributed by atoms with van der Waals surface area (Å²) in [7, 11) is 0. The van der Waals surface area contributed by atoms with Gasteiger partial charge in [-0.1, -0.05) is 6.07 Å². The van der Waals surface area contributed by atoms with E-state index in [1.54, 1.807) is 6.20 Å². The Kier molecular flexibility index (Phi) is 2.10. The van der Waals surface area contributed by atoms with Crippen molar-refractivity contribution in [2.45, 2.75) is 18.8 Å². The minimum atomic E-state index is 0.344. The van der Waals surface area contributed by atoms with E-state index in [1.165, 1.54) is 11.3 Å². The summed E-state index contributed by atoms with van der Waals surface area (Å²) >= 11 is 0. The zero-order valence-electron chi connectivity index (χ0n) is 8.93. The van der Waals surface area contributed by atoms with Gasteiger partial charge in [0.05, 0.1) is 17.6 Å². The number of aryl methyl sites for hydroxylation is 1. The molecule has 0 radical (unpaired) electrons. The molecule has 1 atom stereocenters. The molecule has 3 heteroatoms. The van der Waals surface area contributed by atoms with E-state index in [0.717, 1.165) is 18.5 Å². The molecule has 80 valence electrons. The van der Waals surface area contributed by atoms with Gasteiger partial charge >= 0.3 is 0 Å². The SMILES string of the molecule is Nc1ccc(C2CCc3cccnc32)nc1. The summed E-state index contributed by atoms with van der Waals surface area (Å²) < 4.78 is 0. The van der Waals surface area contributed by atoms with Crippen LogP contribution in [0.5, 0.6) is 0 Å². The molecule has 2 heterocycles. The van der Waals surface area contributed by atoms with Crippen LogP contribution < -0.4 is 5.73 Å². The first-order valence-corrected chi connectivity index (χ1v) is 5.50. The first-order valence-electron chi connectivity index (χ1n) is 5.50. The van der Waals surface area contributed by atoms with Crippen LogP contribution in [0.2, 0.25) is 0 Å². The van der Waals surface area contributed by atoms with Crippen molar-refractivity contribution in [1.29, 1.82) is 0 Å². The Hall–Kier alpha value is -1.90. The number of hydrogen-bond donors (Lipinski definition) is 1. The second-order valence-electron chi connectivity index (χ2n) is 4.16. The van der Waals surface area contributed by atoms with Gasteiger partial charge in [-0.25, -0.2) is 0 Å². The number of anilines is 1. The summed E-state index contributed by atoms with van der Waals surface area (Å²) in [4.78, 5) is 8.86. The molecule has 0 bridgehead atoms. The molecule has 2 aromatic heterocycles. The second-order valence-corrected chi connectivity index (χ2v) is 4.16. The van der Waals surface area contributed by atoms with Gasteiger partial charge in [0.15, 0.2) is 0 Å². The Labute approximate surface area is 94.4 Å². The van der Waals surface area contributed by atoms with Gasteiger partial charge in [-0.15, -0.1) is 0 Å². The summed E-state index contributed by atoms with van der Waals surface area (Å²) in [6, 6.07) is 8.06. The molecule has 3 nitrogen and oxygen atoms in total. The van der Waals surface area contributed by atoms with Crippen LogP contribution in [-0.4, -0.2) is 9.97 Å². The lowest BCUT2D eigenvalue weighted by Crippen LogP contribution is -2.01. The molecular weight excluding hydrogens is 198 g/mol. The van der Waals surface area contributed by atoms with E-state index in [9.17, 15) is 0 Å². The maximum absolute atomic E-state index is 5.64. The molecule has 1 unspecified atom stereocenters. The van der Waals surface area contributed by atoms with Crippen LogP contribution in [0.4, 0.5) is 5.69 Å². The number of pyridine rings is 2. The number of hydrogen-bond acceptors (Lipinski definition) is 3. The summed E-state index contributed by atoms with van der Waals surface area (Å²) in [6.07, 6.45) is 5.77. The van der Waals surface area contributed by atoms with Crippen LogP contribution >= 0.6 is 0 Å². The van der Waals surface area contributed by atoms with Crippen molar-refractivity contribution in [1.82, 2.24) is 9.97 Å². The zero-order valence-corrected chi connectivity index (χ0v) is 8.93. The minimum absolute atomic E-state index is 0.344. The molecule has 0 aromatic carbocycles. The van der Waals surface area contributed by atoms with Crippen molar-refractivity contribution >= 4 is 5.69 Å². The molecule has 0 spiro atoms. The van der Waals surface area contributed by atoms with E-state index in [-0.39, 0.29) is 0 Å². The summed E-state index contributed by atoms with van der Waals surface area (Å²) in [5, 5.41) is 0. The first-order chi connectivity index (χ1) is 7.84. The standard InChI is InChI=1S/C13H13N3/c14-10-4-6-12(16-8-10)11-5-3-9-2-1-7-15-13(9)11/h1-2,4,6-8,11H,3,5,14H2. The summed E-state index contributed by atoms with van der Waals surface area (Å²) in [5.74, 6) is 0.344. The molecule has 1 aliphatic carbocycles. The van der Waals surface area contributed by atoms with Gasteiger partial charge in [0, 0.05) is 17.8 Å². The monoisotopic (exact) mass is 211 g/mol. The van der Waals surface area contributed by atoms with Crippen molar-refractivity contribution < 1.29 is 0 Å². The maximum Gasteiger partial charge on any atom is 0.0526 e. The number of nitrogens with zero attached hydrogens (tertiary/aromatic N) is 2. The van der Waals surface area contributed by atoms with Crippen LogP contribution in [0.15, 0.2) is 36.7 Å². The third-order valence-electron chi connectivity index (χ3n) is 3.12. The van der Waals surface area contributed by atoms with E-state index in [4.69, 9.17) is 5.73 Å². The molecule has 3 rings (SSSR count). The molecule has 0 amide bonds. The van der Waals surface area contributed by atoms with Gasteiger partial charge in [-0.3, -0.25) is 9.97 Å². The fourth-order valence-electron chi connectivity index (χ4n) is 2.32. The fraction of sp³-hybridized carbons (Fsp3) is 0.231. The molecule has 16 heavy (non-hydrogen) atoms. The molecular formula is C13H13N3. The highest BCUT2D eigenvalue weighted by Gasteiger charge is 2.25. The van der Waals surface area contributed by atoms with Crippen molar-refractivity contribution in [2.75, 3.05) is 5.73 Å². The quantitative estimate of drug-likeness (QED) is 0.786. The molecule has 0 fully saturated rings. The topological polar surface area (TPSA) is 51.8 Å². The third-order valence-corrected chi connectivity index (χ3v) is 3.12. The predicted molar refractivity (Wildman–Crippen MR) is 63.1 cm³/mol. The van der Waals surface area contributed by atoms with Gasteiger partial charge in [-0.05, 0) is 36.6 Å². The number of fused-ring (bicyclic) bond motifs is 1. The lowest BCUT2D eigenvalue weighted by atomic mass is 10.0. The van der Waals surface area contributed by atoms with Crippen LogP contribution in [0, 0.1) is 0 Å². The smallest absolute Gasteiger partial charge is 0.0526 e. The lowest BCUT2D eigenvalue weighted by Gasteiger charge is -2.09. The first kappa shape index (κ1) is 9.33. The normalized spacial score (nSPS) is 18.4. The number of nitrogens with two attached hydrogens (primary N) is 1. The highest BCUT2D eigenvalue weighted by Crippen LogP contribution is 2.35. The molecule has 0 saturated carbocycles. The van der Waals surface area contributed by atoms with Gasteiger partial charge in [-0.2, -0.15) is 0 Å². The molecule has 1 aliphatic rings. The van der Waals surface area contributed by atoms with Gasteiger partial charge in [0.25, 0.3) is 0 Å². The number of nitrogen functional groups attached to an aromatic ring is 1. The van der Waals surface area contributed by atoms with E-state index in [2.05, 4.69) is 16.0 Å². The van der Waals surface area contributed by atoms with Crippen LogP contribution in [0.25, 0.3) is 0 Å². The maximum atomic E-state index is 5.64. The fourth-order valence-corrected chi connectivity index (χ4v) is 2.32. The van der Waals surface area contributed by atoms with Crippen molar-refractivity contribution in [2.24, 2.45) is 0 Å². The van der Waals surface area contributed by atoms with Gasteiger partial charge in [0.2, 0.25) is 0 Å². The minimum Gasteiger partial charge on any atom is -0.397 e. The number of aromatic nitrogens is 2. The Balaban J connectivity index is 2.01. The van der Waals surface area contributed by atoms with E-state index < -0.39 is 0 Å². The van der Waals surface area contributed by atoms with E-state index >= 15 is 0 Å². The van der Waals surface area contributed by atoms with E-state index in [0.29, 0.717) is 11.6 Å². The molecule has 2 N–H and O–H groups in total. The highest BCUT2D eigenvalue weighted by atomic mass is 14.8. The number of rotatable bonds is 1. The Bertz CT molecular complexity index is 505. The van der Waals surface area contributed by atoms with Crippen molar-refractivity contribution in [3.8, 4) is 0 Å². The Morgan fingerprint density at radius 3 is 2.94 bits per heavy atom. The van der Waals surface area contributed by atoms with Crippen LogP contribution in [0.3, 0.4) is 0 Å². The summed E-state index contributed by atoms with van der Waals surface area (Å²) in [5.41, 5.74) is 9.96. The average molecular weight is 211 g/mol. The molecule has 2 aromatic rings. The zero-order chi connectivity index (χ0) is 11.0. The van der Waals surface area contributed by atoms with Gasteiger partial charge < -0.3 is 5.73 Å². The van der Waals surface area contributed by atoms with Crippen LogP contribution in [-0.2, 0) is 6.42 Å². The molecule has 0 aliphatic heterocycles. The lowest BCUT2D eigenvalue weighted by molar-refractivity contribution is 0.746. The van der Waals surface area contributed by atoms with Crippen molar-refractivity contribution in [3.05, 3.63) is 53.6 Å². The van der Waals surface area contributed by atoms with Crippen molar-refractivity contribution in [3.63, 3.8) is 0 Å². The predicted octanol–water partition coefficient (Wildman–Crippen LogP) is 2.14. The van der Waals surface area contributed by atoms with Gasteiger partial charge in [0.1, 0.15) is 0 Å². The Morgan fingerprint density at radius 1 is 1.19 bits per heavy atom. The third kappa shape index (κ3) is 1.45. The van der Waals surface area contributed by atoms with Crippen LogP contribution in [0.1, 0.15) is 29.3 Å². The van der Waals surface area contributed by atoms with E-state index in [1.807, 2.05) is 24.4 Å². The highest BCUT2D eigenvalue weighted by molar-refractivity contribution is 5.39. The average Bonchev–Trinajstić information content (AvgIpc) is 2.74. The molecule has 0 saturated heterocycles. The second kappa shape index (κ2) is 3.59. The Morgan fingerprint density at radius 2 is 2.12 bits per heavy atom. The largest absolute Gasteiger partial charge is 0.397 e. The summed E-state index contributed by atoms with van der Waals surface area (Å²) in [6.45, 7) is 0.